The number of benzene rings is 1. The van der Waals surface area contributed by atoms with Gasteiger partial charge in [0.2, 0.25) is 0 Å². The summed E-state index contributed by atoms with van der Waals surface area (Å²) in [5, 5.41) is 0. The van der Waals surface area contributed by atoms with Crippen molar-refractivity contribution in [3.05, 3.63) is 29.6 Å². The second kappa shape index (κ2) is 2.88. The van der Waals surface area contributed by atoms with Crippen LogP contribution in [0.3, 0.4) is 0 Å². The molecule has 1 atom stereocenters. The monoisotopic (exact) mass is 214 g/mol. The van der Waals surface area contributed by atoms with Gasteiger partial charge in [-0.3, -0.25) is 0 Å². The average molecular weight is 214 g/mol. The van der Waals surface area contributed by atoms with Crippen LogP contribution >= 0.6 is 0 Å². The van der Waals surface area contributed by atoms with Gasteiger partial charge in [-0.05, 0) is 23.8 Å². The van der Waals surface area contributed by atoms with Crippen molar-refractivity contribution in [2.45, 2.75) is 10.8 Å². The van der Waals surface area contributed by atoms with Crippen LogP contribution < -0.4 is 0 Å². The zero-order chi connectivity index (χ0) is 10.3. The fourth-order valence-corrected chi connectivity index (χ4v) is 3.38. The van der Waals surface area contributed by atoms with Crippen LogP contribution in [0.4, 0.5) is 4.39 Å². The maximum atomic E-state index is 12.8. The van der Waals surface area contributed by atoms with E-state index >= 15 is 0 Å². The summed E-state index contributed by atoms with van der Waals surface area (Å²) in [5.41, 5.74) is 0.278. The predicted molar refractivity (Wildman–Crippen MR) is 47.3 cm³/mol. The fourth-order valence-electron chi connectivity index (χ4n) is 1.62. The van der Waals surface area contributed by atoms with Gasteiger partial charge in [-0.2, -0.15) is 0 Å². The smallest absolute Gasteiger partial charge is 0.179 e. The molecule has 0 aromatic heterocycles. The molecule has 1 aliphatic heterocycles. The van der Waals surface area contributed by atoms with E-state index in [0.29, 0.717) is 6.29 Å². The minimum Gasteiger partial charge on any atom is -0.303 e. The topological polar surface area (TPSA) is 51.2 Å². The van der Waals surface area contributed by atoms with Gasteiger partial charge in [0, 0.05) is 0 Å². The Morgan fingerprint density at radius 3 is 2.79 bits per heavy atom. The molecule has 0 saturated carbocycles. The molecule has 1 aromatic rings. The van der Waals surface area contributed by atoms with Crippen molar-refractivity contribution in [3.8, 4) is 0 Å². The van der Waals surface area contributed by atoms with Crippen molar-refractivity contribution < 1.29 is 17.6 Å². The highest BCUT2D eigenvalue weighted by Gasteiger charge is 2.34. The van der Waals surface area contributed by atoms with E-state index in [1.54, 1.807) is 0 Å². The SMILES string of the molecule is O=CC1CS(=O)(=O)c2ccc(F)cc21. The van der Waals surface area contributed by atoms with Gasteiger partial charge >= 0.3 is 0 Å². The second-order valence-corrected chi connectivity index (χ2v) is 5.21. The number of aldehydes is 1. The summed E-state index contributed by atoms with van der Waals surface area (Å²) in [4.78, 5) is 10.7. The standard InChI is InChI=1S/C9H7FO3S/c10-7-1-2-9-8(3-7)6(4-11)5-14(9,12)13/h1-4,6H,5H2. The molecule has 1 unspecified atom stereocenters. The Balaban J connectivity index is 2.71. The lowest BCUT2D eigenvalue weighted by Gasteiger charge is -1.99. The highest BCUT2D eigenvalue weighted by Crippen LogP contribution is 2.33. The second-order valence-electron chi connectivity index (χ2n) is 3.21. The molecule has 0 saturated heterocycles. The van der Waals surface area contributed by atoms with Crippen LogP contribution in [0, 0.1) is 5.82 Å². The largest absolute Gasteiger partial charge is 0.303 e. The van der Waals surface area contributed by atoms with Crippen LogP contribution in [-0.2, 0) is 14.6 Å². The van der Waals surface area contributed by atoms with Crippen LogP contribution in [0.25, 0.3) is 0 Å². The van der Waals surface area contributed by atoms with E-state index in [2.05, 4.69) is 0 Å². The van der Waals surface area contributed by atoms with Crippen LogP contribution in [0.15, 0.2) is 23.1 Å². The molecule has 14 heavy (non-hydrogen) atoms. The highest BCUT2D eigenvalue weighted by molar-refractivity contribution is 7.91. The molecule has 5 heteroatoms. The lowest BCUT2D eigenvalue weighted by Crippen LogP contribution is -2.03. The number of carbonyl (C=O) groups excluding carboxylic acids is 1. The molecule has 0 aliphatic carbocycles. The molecule has 2 rings (SSSR count). The Kier molecular flexibility index (Phi) is 1.92. The van der Waals surface area contributed by atoms with Crippen molar-refractivity contribution in [2.24, 2.45) is 0 Å². The van der Waals surface area contributed by atoms with E-state index < -0.39 is 21.6 Å². The van der Waals surface area contributed by atoms with Crippen molar-refractivity contribution >= 4 is 16.1 Å². The van der Waals surface area contributed by atoms with Gasteiger partial charge in [-0.15, -0.1) is 0 Å². The van der Waals surface area contributed by atoms with E-state index in [0.717, 1.165) is 12.1 Å². The van der Waals surface area contributed by atoms with E-state index in [4.69, 9.17) is 0 Å². The number of sulfone groups is 1. The first kappa shape index (κ1) is 9.33. The van der Waals surface area contributed by atoms with Crippen molar-refractivity contribution in [1.82, 2.24) is 0 Å². The summed E-state index contributed by atoms with van der Waals surface area (Å²) in [5.74, 6) is -1.48. The quantitative estimate of drug-likeness (QED) is 0.515. The maximum absolute atomic E-state index is 12.8. The molecular formula is C9H7FO3S. The third-order valence-electron chi connectivity index (χ3n) is 2.27. The van der Waals surface area contributed by atoms with Gasteiger partial charge in [-0.1, -0.05) is 0 Å². The van der Waals surface area contributed by atoms with Crippen molar-refractivity contribution in [2.75, 3.05) is 5.75 Å². The minimum atomic E-state index is -3.38. The number of hydrogen-bond donors (Lipinski definition) is 0. The number of halogens is 1. The first-order valence-electron chi connectivity index (χ1n) is 4.02. The number of hydrogen-bond acceptors (Lipinski definition) is 3. The molecule has 3 nitrogen and oxygen atoms in total. The predicted octanol–water partition coefficient (Wildman–Crippen LogP) is 0.896. The van der Waals surface area contributed by atoms with Gasteiger partial charge < -0.3 is 4.79 Å². The van der Waals surface area contributed by atoms with E-state index in [1.807, 2.05) is 0 Å². The molecule has 74 valence electrons. The van der Waals surface area contributed by atoms with Crippen LogP contribution in [0.5, 0.6) is 0 Å². The molecule has 0 N–H and O–H groups in total. The van der Waals surface area contributed by atoms with Crippen molar-refractivity contribution in [3.63, 3.8) is 0 Å². The lowest BCUT2D eigenvalue weighted by atomic mass is 10.0. The van der Waals surface area contributed by atoms with Crippen LogP contribution in [-0.4, -0.2) is 20.5 Å². The molecule has 1 heterocycles. The fraction of sp³-hybridized carbons (Fsp3) is 0.222. The first-order chi connectivity index (χ1) is 6.54. The van der Waals surface area contributed by atoms with Gasteiger partial charge in [0.25, 0.3) is 0 Å². The number of fused-ring (bicyclic) bond motifs is 1. The van der Waals surface area contributed by atoms with Crippen LogP contribution in [0.2, 0.25) is 0 Å². The molecular weight excluding hydrogens is 207 g/mol. The van der Waals surface area contributed by atoms with Gasteiger partial charge in [0.1, 0.15) is 12.1 Å². The van der Waals surface area contributed by atoms with Gasteiger partial charge in [0.15, 0.2) is 9.84 Å². The molecule has 0 fully saturated rings. The van der Waals surface area contributed by atoms with Crippen LogP contribution in [0.1, 0.15) is 11.5 Å². The normalized spacial score (nSPS) is 23.1. The Morgan fingerprint density at radius 1 is 1.43 bits per heavy atom. The maximum Gasteiger partial charge on any atom is 0.179 e. The molecule has 1 aliphatic rings. The summed E-state index contributed by atoms with van der Waals surface area (Å²) in [6, 6.07) is 3.41. The summed E-state index contributed by atoms with van der Waals surface area (Å²) >= 11 is 0. The lowest BCUT2D eigenvalue weighted by molar-refractivity contribution is -0.108. The Bertz CT molecular complexity index is 493. The molecule has 0 bridgehead atoms. The molecule has 0 amide bonds. The summed E-state index contributed by atoms with van der Waals surface area (Å²) in [7, 11) is -3.38. The third-order valence-corrected chi connectivity index (χ3v) is 4.11. The molecule has 0 spiro atoms. The average Bonchev–Trinajstić information content (AvgIpc) is 2.37. The Morgan fingerprint density at radius 2 is 2.14 bits per heavy atom. The zero-order valence-electron chi connectivity index (χ0n) is 7.10. The zero-order valence-corrected chi connectivity index (χ0v) is 7.92. The summed E-state index contributed by atoms with van der Waals surface area (Å²) in [6.45, 7) is 0. The number of rotatable bonds is 1. The van der Waals surface area contributed by atoms with E-state index in [1.165, 1.54) is 6.07 Å². The van der Waals surface area contributed by atoms with Crippen molar-refractivity contribution in [1.29, 1.82) is 0 Å². The molecule has 1 aromatic carbocycles. The summed E-state index contributed by atoms with van der Waals surface area (Å²) < 4.78 is 35.7. The van der Waals surface area contributed by atoms with E-state index in [9.17, 15) is 17.6 Å². The van der Waals surface area contributed by atoms with E-state index in [-0.39, 0.29) is 16.2 Å². The van der Waals surface area contributed by atoms with Gasteiger partial charge in [-0.25, -0.2) is 12.8 Å². The first-order valence-corrected chi connectivity index (χ1v) is 5.67. The minimum absolute atomic E-state index is 0.0796. The third kappa shape index (κ3) is 1.24. The summed E-state index contributed by atoms with van der Waals surface area (Å²) in [6.07, 6.45) is 0.544. The van der Waals surface area contributed by atoms with Gasteiger partial charge in [0.05, 0.1) is 16.6 Å². The Labute approximate surface area is 80.5 Å². The molecule has 0 radical (unpaired) electrons. The number of carbonyl (C=O) groups is 1. The Hall–Kier alpha value is -1.23. The highest BCUT2D eigenvalue weighted by atomic mass is 32.2.